The molecule has 0 amide bonds. The average molecular weight is 298 g/mol. The minimum atomic E-state index is 0.177. The van der Waals surface area contributed by atoms with E-state index in [2.05, 4.69) is 45.5 Å². The molecule has 0 bridgehead atoms. The summed E-state index contributed by atoms with van der Waals surface area (Å²) in [6.45, 7) is 0.873. The summed E-state index contributed by atoms with van der Waals surface area (Å²) in [6, 6.07) is 8.44. The number of benzene rings is 1. The second-order valence-electron chi connectivity index (χ2n) is 4.64. The van der Waals surface area contributed by atoms with E-state index < -0.39 is 0 Å². The standard InChI is InChI=1S/C14H20BrNO/c1-16-10-14(17-13-4-2-3-5-13)11-6-8-12(15)9-7-11/h6-9,13-14,16H,2-5,10H2,1H3. The fraction of sp³-hybridized carbons (Fsp3) is 0.571. The molecule has 1 saturated carbocycles. The molecule has 0 radical (unpaired) electrons. The van der Waals surface area contributed by atoms with E-state index >= 15 is 0 Å². The van der Waals surface area contributed by atoms with E-state index in [4.69, 9.17) is 4.74 Å². The van der Waals surface area contributed by atoms with Gasteiger partial charge in [-0.3, -0.25) is 0 Å². The van der Waals surface area contributed by atoms with E-state index in [9.17, 15) is 0 Å². The van der Waals surface area contributed by atoms with E-state index in [0.29, 0.717) is 6.10 Å². The summed E-state index contributed by atoms with van der Waals surface area (Å²) in [5.74, 6) is 0. The molecule has 94 valence electrons. The molecule has 2 rings (SSSR count). The minimum Gasteiger partial charge on any atom is -0.369 e. The van der Waals surface area contributed by atoms with Crippen molar-refractivity contribution in [1.82, 2.24) is 5.32 Å². The summed E-state index contributed by atoms with van der Waals surface area (Å²) in [6.07, 6.45) is 5.70. The smallest absolute Gasteiger partial charge is 0.0952 e. The average Bonchev–Trinajstić information content (AvgIpc) is 2.82. The van der Waals surface area contributed by atoms with Gasteiger partial charge in [0.05, 0.1) is 12.2 Å². The highest BCUT2D eigenvalue weighted by atomic mass is 79.9. The van der Waals surface area contributed by atoms with Crippen molar-refractivity contribution < 1.29 is 4.74 Å². The minimum absolute atomic E-state index is 0.177. The number of nitrogens with one attached hydrogen (secondary N) is 1. The SMILES string of the molecule is CNCC(OC1CCCC1)c1ccc(Br)cc1. The van der Waals surface area contributed by atoms with Gasteiger partial charge < -0.3 is 10.1 Å². The molecule has 0 aromatic heterocycles. The number of likely N-dealkylation sites (N-methyl/N-ethyl adjacent to an activating group) is 1. The Bertz CT molecular complexity index is 333. The van der Waals surface area contributed by atoms with Gasteiger partial charge in [0, 0.05) is 11.0 Å². The quantitative estimate of drug-likeness (QED) is 0.895. The predicted molar refractivity (Wildman–Crippen MR) is 74.2 cm³/mol. The highest BCUT2D eigenvalue weighted by Crippen LogP contribution is 2.28. The van der Waals surface area contributed by atoms with Crippen LogP contribution in [0.15, 0.2) is 28.7 Å². The maximum absolute atomic E-state index is 6.20. The van der Waals surface area contributed by atoms with Gasteiger partial charge in [0.15, 0.2) is 0 Å². The molecule has 1 aliphatic carbocycles. The molecule has 1 atom stereocenters. The van der Waals surface area contributed by atoms with Crippen molar-refractivity contribution in [3.63, 3.8) is 0 Å². The lowest BCUT2D eigenvalue weighted by Crippen LogP contribution is -2.23. The second-order valence-corrected chi connectivity index (χ2v) is 5.56. The van der Waals surface area contributed by atoms with Crippen molar-refractivity contribution in [3.05, 3.63) is 34.3 Å². The zero-order valence-corrected chi connectivity index (χ0v) is 11.9. The normalized spacial score (nSPS) is 18.5. The third-order valence-corrected chi connectivity index (χ3v) is 3.82. The molecule has 1 unspecified atom stereocenters. The summed E-state index contributed by atoms with van der Waals surface area (Å²) in [7, 11) is 1.98. The Morgan fingerprint density at radius 1 is 1.29 bits per heavy atom. The molecule has 2 nitrogen and oxygen atoms in total. The van der Waals surface area contributed by atoms with Crippen LogP contribution in [0.1, 0.15) is 37.4 Å². The van der Waals surface area contributed by atoms with Crippen LogP contribution >= 0.6 is 15.9 Å². The van der Waals surface area contributed by atoms with Gasteiger partial charge in [-0.25, -0.2) is 0 Å². The lowest BCUT2D eigenvalue weighted by Gasteiger charge is -2.22. The Labute approximate surface area is 112 Å². The summed E-state index contributed by atoms with van der Waals surface area (Å²) >= 11 is 3.47. The molecule has 3 heteroatoms. The van der Waals surface area contributed by atoms with Crippen molar-refractivity contribution >= 4 is 15.9 Å². The first kappa shape index (κ1) is 13.1. The summed E-state index contributed by atoms with van der Waals surface area (Å²) in [4.78, 5) is 0. The predicted octanol–water partition coefficient (Wildman–Crippen LogP) is 3.67. The molecule has 0 spiro atoms. The van der Waals surface area contributed by atoms with Crippen molar-refractivity contribution in [3.8, 4) is 0 Å². The monoisotopic (exact) mass is 297 g/mol. The van der Waals surface area contributed by atoms with Crippen LogP contribution in [0.3, 0.4) is 0 Å². The summed E-state index contributed by atoms with van der Waals surface area (Å²) < 4.78 is 7.32. The van der Waals surface area contributed by atoms with Crippen LogP contribution in [-0.2, 0) is 4.74 Å². The van der Waals surface area contributed by atoms with Crippen LogP contribution in [-0.4, -0.2) is 19.7 Å². The van der Waals surface area contributed by atoms with Gasteiger partial charge in [0.1, 0.15) is 0 Å². The fourth-order valence-corrected chi connectivity index (χ4v) is 2.63. The Hall–Kier alpha value is -0.380. The van der Waals surface area contributed by atoms with Gasteiger partial charge in [-0.2, -0.15) is 0 Å². The number of ether oxygens (including phenoxy) is 1. The van der Waals surface area contributed by atoms with E-state index in [1.165, 1.54) is 31.2 Å². The molecule has 0 aliphatic heterocycles. The van der Waals surface area contributed by atoms with Gasteiger partial charge in [-0.05, 0) is 37.6 Å². The molecule has 1 aromatic rings. The van der Waals surface area contributed by atoms with Crippen molar-refractivity contribution in [2.75, 3.05) is 13.6 Å². The van der Waals surface area contributed by atoms with Crippen LogP contribution in [0.2, 0.25) is 0 Å². The second kappa shape index (κ2) is 6.53. The largest absolute Gasteiger partial charge is 0.369 e. The third kappa shape index (κ3) is 3.80. The van der Waals surface area contributed by atoms with Crippen molar-refractivity contribution in [1.29, 1.82) is 0 Å². The van der Waals surface area contributed by atoms with Gasteiger partial charge in [0.2, 0.25) is 0 Å². The number of hydrogen-bond donors (Lipinski definition) is 1. The fourth-order valence-electron chi connectivity index (χ4n) is 2.36. The number of halogens is 1. The zero-order chi connectivity index (χ0) is 12.1. The Balaban J connectivity index is 2.02. The highest BCUT2D eigenvalue weighted by molar-refractivity contribution is 9.10. The van der Waals surface area contributed by atoms with E-state index in [1.54, 1.807) is 0 Å². The highest BCUT2D eigenvalue weighted by Gasteiger charge is 2.21. The van der Waals surface area contributed by atoms with Crippen LogP contribution < -0.4 is 5.32 Å². The molecule has 1 aromatic carbocycles. The maximum Gasteiger partial charge on any atom is 0.0952 e. The molecule has 1 fully saturated rings. The van der Waals surface area contributed by atoms with Gasteiger partial charge >= 0.3 is 0 Å². The summed E-state index contributed by atoms with van der Waals surface area (Å²) in [5, 5.41) is 3.22. The molecule has 1 N–H and O–H groups in total. The Morgan fingerprint density at radius 2 is 1.94 bits per heavy atom. The molecule has 0 saturated heterocycles. The van der Waals surface area contributed by atoms with Crippen LogP contribution in [0.4, 0.5) is 0 Å². The Morgan fingerprint density at radius 3 is 2.53 bits per heavy atom. The molecular formula is C14H20BrNO. The number of rotatable bonds is 5. The third-order valence-electron chi connectivity index (χ3n) is 3.29. The molecule has 1 aliphatic rings. The lowest BCUT2D eigenvalue weighted by molar-refractivity contribution is -0.00784. The van der Waals surface area contributed by atoms with Crippen molar-refractivity contribution in [2.24, 2.45) is 0 Å². The van der Waals surface area contributed by atoms with Gasteiger partial charge in [-0.15, -0.1) is 0 Å². The van der Waals surface area contributed by atoms with Crippen molar-refractivity contribution in [2.45, 2.75) is 37.9 Å². The molecule has 17 heavy (non-hydrogen) atoms. The first-order valence-corrected chi connectivity index (χ1v) is 7.14. The molecular weight excluding hydrogens is 278 g/mol. The van der Waals surface area contributed by atoms with E-state index in [0.717, 1.165) is 11.0 Å². The summed E-state index contributed by atoms with van der Waals surface area (Å²) in [5.41, 5.74) is 1.26. The first-order valence-electron chi connectivity index (χ1n) is 6.35. The van der Waals surface area contributed by atoms with Gasteiger partial charge in [-0.1, -0.05) is 40.9 Å². The Kier molecular flexibility index (Phi) is 5.01. The van der Waals surface area contributed by atoms with E-state index in [1.807, 2.05) is 7.05 Å². The van der Waals surface area contributed by atoms with E-state index in [-0.39, 0.29) is 6.10 Å². The zero-order valence-electron chi connectivity index (χ0n) is 10.3. The van der Waals surface area contributed by atoms with Crippen LogP contribution in [0.5, 0.6) is 0 Å². The van der Waals surface area contributed by atoms with Crippen LogP contribution in [0.25, 0.3) is 0 Å². The maximum atomic E-state index is 6.20. The lowest BCUT2D eigenvalue weighted by atomic mass is 10.1. The number of hydrogen-bond acceptors (Lipinski definition) is 2. The van der Waals surface area contributed by atoms with Crippen LogP contribution in [0, 0.1) is 0 Å². The topological polar surface area (TPSA) is 21.3 Å². The first-order chi connectivity index (χ1) is 8.29. The van der Waals surface area contributed by atoms with Gasteiger partial charge in [0.25, 0.3) is 0 Å². The molecule has 0 heterocycles.